The van der Waals surface area contributed by atoms with Gasteiger partial charge in [0.05, 0.1) is 6.61 Å². The second-order valence-electron chi connectivity index (χ2n) is 3.74. The molecule has 76 valence electrons. The van der Waals surface area contributed by atoms with Gasteiger partial charge >= 0.3 is 0 Å². The van der Waals surface area contributed by atoms with Gasteiger partial charge in [-0.15, -0.1) is 0 Å². The van der Waals surface area contributed by atoms with Crippen LogP contribution in [0, 0.1) is 0 Å². The highest BCUT2D eigenvalue weighted by atomic mass is 16.5. The van der Waals surface area contributed by atoms with Crippen LogP contribution >= 0.6 is 0 Å². The summed E-state index contributed by atoms with van der Waals surface area (Å²) >= 11 is 0. The van der Waals surface area contributed by atoms with Crippen molar-refractivity contribution in [3.05, 3.63) is 30.3 Å². The molecule has 2 nitrogen and oxygen atoms in total. The Morgan fingerprint density at radius 3 is 2.86 bits per heavy atom. The van der Waals surface area contributed by atoms with Gasteiger partial charge in [0.2, 0.25) is 0 Å². The molecule has 1 N–H and O–H groups in total. The van der Waals surface area contributed by atoms with Crippen LogP contribution in [-0.4, -0.2) is 19.2 Å². The van der Waals surface area contributed by atoms with Crippen LogP contribution in [0.5, 0.6) is 5.75 Å². The van der Waals surface area contributed by atoms with Gasteiger partial charge in [0.15, 0.2) is 0 Å². The summed E-state index contributed by atoms with van der Waals surface area (Å²) in [6.45, 7) is 2.00. The highest BCUT2D eigenvalue weighted by Gasteiger charge is 2.13. The van der Waals surface area contributed by atoms with E-state index in [0.29, 0.717) is 6.04 Å². The van der Waals surface area contributed by atoms with Gasteiger partial charge in [0.1, 0.15) is 5.75 Å². The van der Waals surface area contributed by atoms with E-state index in [1.807, 2.05) is 30.3 Å². The zero-order valence-corrected chi connectivity index (χ0v) is 8.41. The first kappa shape index (κ1) is 9.53. The number of hydrogen-bond acceptors (Lipinski definition) is 2. The normalized spacial score (nSPS) is 21.0. The quantitative estimate of drug-likeness (QED) is 0.787. The minimum Gasteiger partial charge on any atom is -0.494 e. The van der Waals surface area contributed by atoms with E-state index in [1.54, 1.807) is 0 Å². The minimum absolute atomic E-state index is 0.679. The van der Waals surface area contributed by atoms with Crippen molar-refractivity contribution in [3.8, 4) is 5.75 Å². The molecule has 1 atom stereocenters. The van der Waals surface area contributed by atoms with Gasteiger partial charge < -0.3 is 10.1 Å². The molecule has 0 amide bonds. The predicted octanol–water partition coefficient (Wildman–Crippen LogP) is 2.21. The van der Waals surface area contributed by atoms with Crippen LogP contribution < -0.4 is 10.1 Å². The van der Waals surface area contributed by atoms with Crippen molar-refractivity contribution in [3.63, 3.8) is 0 Å². The third-order valence-corrected chi connectivity index (χ3v) is 2.64. The lowest BCUT2D eigenvalue weighted by atomic mass is 10.2. The van der Waals surface area contributed by atoms with Gasteiger partial charge in [0.25, 0.3) is 0 Å². The molecule has 1 aliphatic rings. The van der Waals surface area contributed by atoms with Gasteiger partial charge in [-0.1, -0.05) is 18.2 Å². The molecule has 1 aliphatic heterocycles. The van der Waals surface area contributed by atoms with E-state index in [9.17, 15) is 0 Å². The fourth-order valence-corrected chi connectivity index (χ4v) is 1.84. The Morgan fingerprint density at radius 2 is 2.14 bits per heavy atom. The standard InChI is InChI=1S/C12H17NO/c1-2-6-12(7-3-1)14-10-8-11-5-4-9-13-11/h1-3,6-7,11,13H,4-5,8-10H2. The molecule has 0 bridgehead atoms. The summed E-state index contributed by atoms with van der Waals surface area (Å²) in [5.41, 5.74) is 0. The Morgan fingerprint density at radius 1 is 1.29 bits per heavy atom. The van der Waals surface area contributed by atoms with Crippen LogP contribution in [0.15, 0.2) is 30.3 Å². The van der Waals surface area contributed by atoms with E-state index in [-0.39, 0.29) is 0 Å². The molecule has 0 spiro atoms. The van der Waals surface area contributed by atoms with E-state index < -0.39 is 0 Å². The Kier molecular flexibility index (Phi) is 3.41. The maximum absolute atomic E-state index is 5.63. The summed E-state index contributed by atoms with van der Waals surface area (Å²) in [6.07, 6.45) is 3.74. The summed E-state index contributed by atoms with van der Waals surface area (Å²) < 4.78 is 5.63. The van der Waals surface area contributed by atoms with Crippen molar-refractivity contribution in [1.29, 1.82) is 0 Å². The van der Waals surface area contributed by atoms with Gasteiger partial charge in [-0.05, 0) is 37.9 Å². The number of nitrogens with one attached hydrogen (secondary N) is 1. The summed E-state index contributed by atoms with van der Waals surface area (Å²) in [4.78, 5) is 0. The Bertz CT molecular complexity index is 254. The highest BCUT2D eigenvalue weighted by molar-refractivity contribution is 5.20. The van der Waals surface area contributed by atoms with Crippen LogP contribution in [-0.2, 0) is 0 Å². The highest BCUT2D eigenvalue weighted by Crippen LogP contribution is 2.12. The van der Waals surface area contributed by atoms with Gasteiger partial charge in [-0.25, -0.2) is 0 Å². The van der Waals surface area contributed by atoms with Crippen LogP contribution in [0.4, 0.5) is 0 Å². The van der Waals surface area contributed by atoms with Crippen molar-refractivity contribution >= 4 is 0 Å². The Hall–Kier alpha value is -1.02. The molecule has 1 saturated heterocycles. The zero-order valence-electron chi connectivity index (χ0n) is 8.41. The van der Waals surface area contributed by atoms with Gasteiger partial charge in [0, 0.05) is 6.04 Å². The van der Waals surface area contributed by atoms with Crippen LogP contribution in [0.3, 0.4) is 0 Å². The summed E-state index contributed by atoms with van der Waals surface area (Å²) in [5, 5.41) is 3.46. The van der Waals surface area contributed by atoms with E-state index >= 15 is 0 Å². The lowest BCUT2D eigenvalue weighted by Crippen LogP contribution is -2.23. The summed E-state index contributed by atoms with van der Waals surface area (Å²) in [6, 6.07) is 10.7. The second-order valence-corrected chi connectivity index (χ2v) is 3.74. The first-order valence-electron chi connectivity index (χ1n) is 5.36. The molecular formula is C12H17NO. The largest absolute Gasteiger partial charge is 0.494 e. The molecule has 1 unspecified atom stereocenters. The fraction of sp³-hybridized carbons (Fsp3) is 0.500. The van der Waals surface area contributed by atoms with Crippen molar-refractivity contribution in [2.24, 2.45) is 0 Å². The third kappa shape index (κ3) is 2.74. The molecule has 14 heavy (non-hydrogen) atoms. The zero-order chi connectivity index (χ0) is 9.64. The summed E-state index contributed by atoms with van der Waals surface area (Å²) in [7, 11) is 0. The molecule has 2 heteroatoms. The number of para-hydroxylation sites is 1. The molecule has 1 heterocycles. The van der Waals surface area contributed by atoms with Crippen molar-refractivity contribution < 1.29 is 4.74 Å². The first-order valence-corrected chi connectivity index (χ1v) is 5.36. The van der Waals surface area contributed by atoms with E-state index in [0.717, 1.165) is 18.8 Å². The Labute approximate surface area is 85.3 Å². The monoisotopic (exact) mass is 191 g/mol. The molecule has 0 radical (unpaired) electrons. The van der Waals surface area contributed by atoms with Crippen molar-refractivity contribution in [2.75, 3.05) is 13.2 Å². The fourth-order valence-electron chi connectivity index (χ4n) is 1.84. The van der Waals surface area contributed by atoms with E-state index in [4.69, 9.17) is 4.74 Å². The van der Waals surface area contributed by atoms with Crippen molar-refractivity contribution in [2.45, 2.75) is 25.3 Å². The molecule has 0 saturated carbocycles. The molecule has 0 aromatic heterocycles. The average molecular weight is 191 g/mol. The number of hydrogen-bond donors (Lipinski definition) is 1. The maximum atomic E-state index is 5.63. The van der Waals surface area contributed by atoms with Gasteiger partial charge in [-0.2, -0.15) is 0 Å². The third-order valence-electron chi connectivity index (χ3n) is 2.64. The van der Waals surface area contributed by atoms with Crippen LogP contribution in [0.1, 0.15) is 19.3 Å². The smallest absolute Gasteiger partial charge is 0.119 e. The molecular weight excluding hydrogens is 174 g/mol. The van der Waals surface area contributed by atoms with Crippen molar-refractivity contribution in [1.82, 2.24) is 5.32 Å². The topological polar surface area (TPSA) is 21.3 Å². The predicted molar refractivity (Wildman–Crippen MR) is 57.6 cm³/mol. The van der Waals surface area contributed by atoms with Gasteiger partial charge in [-0.3, -0.25) is 0 Å². The minimum atomic E-state index is 0.679. The maximum Gasteiger partial charge on any atom is 0.119 e. The van der Waals surface area contributed by atoms with E-state index in [1.165, 1.54) is 19.4 Å². The molecule has 2 rings (SSSR count). The molecule has 1 aromatic carbocycles. The average Bonchev–Trinajstić information content (AvgIpc) is 2.72. The second kappa shape index (κ2) is 5.01. The molecule has 0 aliphatic carbocycles. The number of rotatable bonds is 4. The van der Waals surface area contributed by atoms with Crippen LogP contribution in [0.25, 0.3) is 0 Å². The SMILES string of the molecule is c1ccc(OCCC2CCCN2)cc1. The molecule has 1 aromatic rings. The van der Waals surface area contributed by atoms with E-state index in [2.05, 4.69) is 5.32 Å². The Balaban J connectivity index is 1.67. The molecule has 1 fully saturated rings. The lowest BCUT2D eigenvalue weighted by molar-refractivity contribution is 0.292. The first-order chi connectivity index (χ1) is 6.95. The van der Waals surface area contributed by atoms with Crippen LogP contribution in [0.2, 0.25) is 0 Å². The number of ether oxygens (including phenoxy) is 1. The summed E-state index contributed by atoms with van der Waals surface area (Å²) in [5.74, 6) is 0.977. The number of benzene rings is 1. The lowest BCUT2D eigenvalue weighted by Gasteiger charge is -2.10.